The number of hydrogen-bond acceptors (Lipinski definition) is 3. The van der Waals surface area contributed by atoms with Gasteiger partial charge in [-0.1, -0.05) is 44.2 Å². The highest BCUT2D eigenvalue weighted by atomic mass is 32.1. The molecule has 1 aromatic heterocycles. The van der Waals surface area contributed by atoms with Crippen LogP contribution in [0.2, 0.25) is 0 Å². The van der Waals surface area contributed by atoms with Gasteiger partial charge in [0.25, 0.3) is 5.91 Å². The van der Waals surface area contributed by atoms with Crippen LogP contribution in [0.5, 0.6) is 0 Å². The summed E-state index contributed by atoms with van der Waals surface area (Å²) in [6.45, 7) is 4.75. The third-order valence-electron chi connectivity index (χ3n) is 7.50. The summed E-state index contributed by atoms with van der Waals surface area (Å²) >= 11 is 1.62. The lowest BCUT2D eigenvalue weighted by Gasteiger charge is -2.62. The molecule has 4 atom stereocenters. The smallest absolute Gasteiger partial charge is 0.303 e. The van der Waals surface area contributed by atoms with Crippen LogP contribution in [0.25, 0.3) is 10.1 Å². The number of rotatable bonds is 8. The molecule has 0 saturated heterocycles. The second kappa shape index (κ2) is 8.54. The summed E-state index contributed by atoms with van der Waals surface area (Å²) in [5, 5.41) is 15.2. The lowest BCUT2D eigenvalue weighted by atomic mass is 9.44. The fourth-order valence-electron chi connectivity index (χ4n) is 5.58. The Labute approximate surface area is 182 Å². The molecule has 30 heavy (non-hydrogen) atoms. The molecule has 1 aromatic carbocycles. The predicted octanol–water partition coefficient (Wildman–Crippen LogP) is 5.88. The summed E-state index contributed by atoms with van der Waals surface area (Å²) < 4.78 is 1.15. The van der Waals surface area contributed by atoms with Gasteiger partial charge in [-0.2, -0.15) is 0 Å². The van der Waals surface area contributed by atoms with Crippen molar-refractivity contribution < 1.29 is 14.7 Å². The predicted molar refractivity (Wildman–Crippen MR) is 122 cm³/mol. The minimum Gasteiger partial charge on any atom is -0.481 e. The van der Waals surface area contributed by atoms with Crippen molar-refractivity contribution >= 4 is 33.3 Å². The van der Waals surface area contributed by atoms with Gasteiger partial charge < -0.3 is 10.4 Å². The fraction of sp³-hybridized carbons (Fsp3) is 0.520. The number of aliphatic carboxylic acids is 1. The van der Waals surface area contributed by atoms with Gasteiger partial charge >= 0.3 is 5.97 Å². The number of carbonyl (C=O) groups is 2. The second-order valence-corrected chi connectivity index (χ2v) is 10.4. The molecule has 4 nitrogen and oxygen atoms in total. The second-order valence-electron chi connectivity index (χ2n) is 9.48. The molecule has 2 N–H and O–H groups in total. The van der Waals surface area contributed by atoms with Crippen LogP contribution in [0.1, 0.15) is 62.7 Å². The van der Waals surface area contributed by atoms with Crippen molar-refractivity contribution in [2.45, 2.75) is 58.4 Å². The highest BCUT2D eigenvalue weighted by Gasteiger charge is 2.57. The zero-order chi connectivity index (χ0) is 21.3. The number of thiophene rings is 1. The summed E-state index contributed by atoms with van der Waals surface area (Å²) in [6.07, 6.45) is 9.29. The van der Waals surface area contributed by atoms with E-state index in [-0.39, 0.29) is 18.4 Å². The van der Waals surface area contributed by atoms with Crippen LogP contribution in [0.4, 0.5) is 0 Å². The molecule has 2 aromatic rings. The minimum atomic E-state index is -0.735. The highest BCUT2D eigenvalue weighted by Crippen LogP contribution is 2.62. The van der Waals surface area contributed by atoms with Crippen LogP contribution in [-0.2, 0) is 4.79 Å². The van der Waals surface area contributed by atoms with Crippen molar-refractivity contribution in [2.75, 3.05) is 0 Å². The average molecular weight is 426 g/mol. The van der Waals surface area contributed by atoms with E-state index in [1.165, 1.54) is 6.42 Å². The number of nitrogens with one attached hydrogen (secondary N) is 1. The molecule has 3 fully saturated rings. The lowest BCUT2D eigenvalue weighted by Crippen LogP contribution is -2.61. The van der Waals surface area contributed by atoms with Crippen molar-refractivity contribution in [1.29, 1.82) is 0 Å². The Morgan fingerprint density at radius 1 is 1.23 bits per heavy atom. The van der Waals surface area contributed by atoms with E-state index in [9.17, 15) is 9.59 Å². The maximum atomic E-state index is 13.1. The first kappa shape index (κ1) is 21.1. The molecule has 0 aliphatic heterocycles. The van der Waals surface area contributed by atoms with Gasteiger partial charge in [0.1, 0.15) is 0 Å². The Morgan fingerprint density at radius 3 is 2.80 bits per heavy atom. The van der Waals surface area contributed by atoms with Gasteiger partial charge in [-0.05, 0) is 61.3 Å². The highest BCUT2D eigenvalue weighted by molar-refractivity contribution is 7.17. The SMILES string of the molecule is CC1(C)[C@H]2C[C@H](NC(=O)c3csc4ccccc34)[C@@H](C/C=C\CCCC(=O)O)[C@@H]1C2. The molecule has 2 bridgehead atoms. The van der Waals surface area contributed by atoms with Crippen LogP contribution in [0, 0.1) is 23.2 Å². The van der Waals surface area contributed by atoms with E-state index in [2.05, 4.69) is 37.4 Å². The Morgan fingerprint density at radius 2 is 2.03 bits per heavy atom. The third kappa shape index (κ3) is 4.04. The lowest BCUT2D eigenvalue weighted by molar-refractivity contribution is -0.137. The van der Waals surface area contributed by atoms with E-state index in [0.717, 1.165) is 34.9 Å². The number of benzene rings is 1. The summed E-state index contributed by atoms with van der Waals surface area (Å²) in [4.78, 5) is 23.8. The number of allylic oxidation sites excluding steroid dienone is 2. The van der Waals surface area contributed by atoms with E-state index in [1.54, 1.807) is 11.3 Å². The van der Waals surface area contributed by atoms with E-state index in [0.29, 0.717) is 29.6 Å². The average Bonchev–Trinajstić information content (AvgIpc) is 3.15. The zero-order valence-electron chi connectivity index (χ0n) is 17.8. The van der Waals surface area contributed by atoms with Crippen LogP contribution >= 0.6 is 11.3 Å². The van der Waals surface area contributed by atoms with Crippen molar-refractivity contribution in [3.63, 3.8) is 0 Å². The Balaban J connectivity index is 1.43. The van der Waals surface area contributed by atoms with Gasteiger partial charge in [-0.3, -0.25) is 9.59 Å². The monoisotopic (exact) mass is 425 g/mol. The van der Waals surface area contributed by atoms with E-state index < -0.39 is 5.97 Å². The number of carboxylic acids is 1. The van der Waals surface area contributed by atoms with Gasteiger partial charge in [-0.15, -0.1) is 11.3 Å². The third-order valence-corrected chi connectivity index (χ3v) is 8.46. The first-order valence-corrected chi connectivity index (χ1v) is 11.9. The van der Waals surface area contributed by atoms with Gasteiger partial charge in [0.15, 0.2) is 0 Å². The number of carbonyl (C=O) groups excluding carboxylic acids is 1. The molecule has 5 heteroatoms. The van der Waals surface area contributed by atoms with Crippen LogP contribution in [0.15, 0.2) is 41.8 Å². The van der Waals surface area contributed by atoms with Crippen molar-refractivity contribution in [2.24, 2.45) is 23.2 Å². The molecule has 1 amide bonds. The topological polar surface area (TPSA) is 66.4 Å². The molecule has 160 valence electrons. The number of unbranched alkanes of at least 4 members (excludes halogenated alkanes) is 1. The molecule has 0 unspecified atom stereocenters. The Hall–Kier alpha value is -2.14. The molecule has 3 aliphatic rings. The van der Waals surface area contributed by atoms with Crippen molar-refractivity contribution in [1.82, 2.24) is 5.32 Å². The summed E-state index contributed by atoms with van der Waals surface area (Å²) in [5.74, 6) is 1.07. The van der Waals surface area contributed by atoms with E-state index in [4.69, 9.17) is 5.11 Å². The van der Waals surface area contributed by atoms with Crippen LogP contribution < -0.4 is 5.32 Å². The summed E-state index contributed by atoms with van der Waals surface area (Å²) in [7, 11) is 0. The zero-order valence-corrected chi connectivity index (χ0v) is 18.6. The van der Waals surface area contributed by atoms with E-state index in [1.807, 2.05) is 23.6 Å². The number of hydrogen-bond donors (Lipinski definition) is 2. The molecule has 3 aliphatic carbocycles. The van der Waals surface area contributed by atoms with Crippen molar-refractivity contribution in [3.05, 3.63) is 47.4 Å². The maximum absolute atomic E-state index is 13.1. The normalized spacial score (nSPS) is 27.1. The molecule has 5 rings (SSSR count). The first-order valence-electron chi connectivity index (χ1n) is 11.0. The maximum Gasteiger partial charge on any atom is 0.303 e. The molecule has 1 heterocycles. The molecule has 3 saturated carbocycles. The molecular formula is C25H31NO3S. The largest absolute Gasteiger partial charge is 0.481 e. The van der Waals surface area contributed by atoms with E-state index >= 15 is 0 Å². The number of carboxylic acid groups (broad SMARTS) is 1. The first-order chi connectivity index (χ1) is 14.4. The quantitative estimate of drug-likeness (QED) is 0.410. The molecule has 0 radical (unpaired) electrons. The summed E-state index contributed by atoms with van der Waals surface area (Å²) in [5.41, 5.74) is 1.13. The van der Waals surface area contributed by atoms with Gasteiger partial charge in [-0.25, -0.2) is 0 Å². The minimum absolute atomic E-state index is 0.0481. The number of amides is 1. The van der Waals surface area contributed by atoms with Crippen molar-refractivity contribution in [3.8, 4) is 0 Å². The van der Waals surface area contributed by atoms with Crippen LogP contribution in [0.3, 0.4) is 0 Å². The molecule has 0 spiro atoms. The fourth-order valence-corrected chi connectivity index (χ4v) is 6.52. The standard InChI is InChI=1S/C25H31NO3S/c1-25(2)16-13-20(25)18(10-5-3-4-6-12-23(27)28)21(14-16)26-24(29)19-15-30-22-11-8-7-9-17(19)22/h3,5,7-9,11,15-16,18,20-21H,4,6,10,12-14H2,1-2H3,(H,26,29)(H,27,28)/b5-3-/t16-,18+,20+,21+/m1/s1. The summed E-state index contributed by atoms with van der Waals surface area (Å²) in [6, 6.07) is 8.29. The van der Waals surface area contributed by atoms with Gasteiger partial charge in [0, 0.05) is 27.9 Å². The number of fused-ring (bicyclic) bond motifs is 3. The Bertz CT molecular complexity index is 960. The van der Waals surface area contributed by atoms with Gasteiger partial charge in [0.05, 0.1) is 5.56 Å². The Kier molecular flexibility index (Phi) is 6.01. The molecular weight excluding hydrogens is 394 g/mol. The van der Waals surface area contributed by atoms with Crippen LogP contribution in [-0.4, -0.2) is 23.0 Å². The van der Waals surface area contributed by atoms with Gasteiger partial charge in [0.2, 0.25) is 0 Å².